The molecule has 1 aliphatic rings. The van der Waals surface area contributed by atoms with Crippen molar-refractivity contribution in [2.24, 2.45) is 0 Å². The van der Waals surface area contributed by atoms with E-state index in [0.717, 1.165) is 12.8 Å². The minimum Gasteiger partial charge on any atom is -0.458 e. The summed E-state index contributed by atoms with van der Waals surface area (Å²) in [6.07, 6.45) is 4.73. The maximum Gasteiger partial charge on any atom is 0.153 e. The summed E-state index contributed by atoms with van der Waals surface area (Å²) in [5, 5.41) is 11.1. The maximum absolute atomic E-state index is 13.2. The van der Waals surface area contributed by atoms with E-state index in [1.807, 2.05) is 4.57 Å². The van der Waals surface area contributed by atoms with Crippen molar-refractivity contribution in [1.29, 1.82) is 0 Å². The van der Waals surface area contributed by atoms with E-state index in [-0.39, 0.29) is 5.82 Å². The highest BCUT2D eigenvalue weighted by atomic mass is 19.1. The van der Waals surface area contributed by atoms with E-state index >= 15 is 0 Å². The van der Waals surface area contributed by atoms with Gasteiger partial charge >= 0.3 is 0 Å². The molecule has 0 amide bonds. The number of hydrogen-bond acceptors (Lipinski definition) is 3. The van der Waals surface area contributed by atoms with Crippen molar-refractivity contribution >= 4 is 11.0 Å². The van der Waals surface area contributed by atoms with Gasteiger partial charge in [0.05, 0.1) is 18.2 Å². The van der Waals surface area contributed by atoms with Crippen LogP contribution in [0.4, 0.5) is 4.39 Å². The number of aliphatic hydroxyl groups is 1. The number of imidazole rings is 1. The van der Waals surface area contributed by atoms with Crippen LogP contribution < -0.4 is 0 Å². The predicted octanol–water partition coefficient (Wildman–Crippen LogP) is 3.19. The molecular weight excluding hydrogens is 259 g/mol. The van der Waals surface area contributed by atoms with Crippen molar-refractivity contribution in [3.63, 3.8) is 0 Å². The van der Waals surface area contributed by atoms with E-state index in [9.17, 15) is 9.50 Å². The average Bonchev–Trinajstić information content (AvgIpc) is 3.02. The Bertz CT molecular complexity index is 773. The first-order valence-corrected chi connectivity index (χ1v) is 6.61. The van der Waals surface area contributed by atoms with Crippen LogP contribution in [0.25, 0.3) is 11.0 Å². The summed E-state index contributed by atoms with van der Waals surface area (Å²) in [5.41, 5.74) is 1.28. The molecule has 20 heavy (non-hydrogen) atoms. The van der Waals surface area contributed by atoms with Gasteiger partial charge in [0, 0.05) is 11.4 Å². The van der Waals surface area contributed by atoms with Gasteiger partial charge in [0.2, 0.25) is 0 Å². The van der Waals surface area contributed by atoms with E-state index < -0.39 is 6.10 Å². The van der Waals surface area contributed by atoms with Crippen LogP contribution >= 0.6 is 0 Å². The number of hydrogen-bond donors (Lipinski definition) is 1. The van der Waals surface area contributed by atoms with E-state index in [4.69, 9.17) is 4.42 Å². The lowest BCUT2D eigenvalue weighted by Gasteiger charge is -2.10. The van der Waals surface area contributed by atoms with Crippen LogP contribution in [0.1, 0.15) is 36.4 Å². The van der Waals surface area contributed by atoms with Gasteiger partial charge in [-0.05, 0) is 37.1 Å². The molecule has 1 aromatic carbocycles. The molecular formula is C15H13FN2O2. The van der Waals surface area contributed by atoms with Crippen molar-refractivity contribution in [2.75, 3.05) is 0 Å². The topological polar surface area (TPSA) is 51.2 Å². The lowest BCUT2D eigenvalue weighted by molar-refractivity contribution is 0.183. The standard InChI is InChI=1S/C15H13FN2O2/c16-10-1-4-13-9(5-10)6-14(20-13)15(19)12-7-17-8-18(12)11-2-3-11/h1,4-8,11,15,19H,2-3H2. The summed E-state index contributed by atoms with van der Waals surface area (Å²) in [7, 11) is 0. The Morgan fingerprint density at radius 3 is 3.00 bits per heavy atom. The summed E-state index contributed by atoms with van der Waals surface area (Å²) in [6, 6.07) is 6.42. The number of halogens is 1. The first-order chi connectivity index (χ1) is 9.72. The molecule has 1 aliphatic carbocycles. The van der Waals surface area contributed by atoms with Crippen molar-refractivity contribution in [2.45, 2.75) is 25.0 Å². The molecule has 0 aliphatic heterocycles. The second-order valence-corrected chi connectivity index (χ2v) is 5.19. The van der Waals surface area contributed by atoms with Crippen LogP contribution in [-0.2, 0) is 0 Å². The Morgan fingerprint density at radius 1 is 1.35 bits per heavy atom. The largest absolute Gasteiger partial charge is 0.458 e. The molecule has 0 radical (unpaired) electrons. The smallest absolute Gasteiger partial charge is 0.153 e. The molecule has 4 rings (SSSR count). The SMILES string of the molecule is OC(c1cc2cc(F)ccc2o1)c1cncn1C1CC1. The number of nitrogens with zero attached hydrogens (tertiary/aromatic N) is 2. The molecule has 1 atom stereocenters. The fraction of sp³-hybridized carbons (Fsp3) is 0.267. The zero-order valence-corrected chi connectivity index (χ0v) is 10.7. The molecule has 4 nitrogen and oxygen atoms in total. The fourth-order valence-corrected chi connectivity index (χ4v) is 2.50. The number of rotatable bonds is 3. The molecule has 1 fully saturated rings. The summed E-state index contributed by atoms with van der Waals surface area (Å²) < 4.78 is 20.8. The molecule has 2 aromatic heterocycles. The predicted molar refractivity (Wildman–Crippen MR) is 70.7 cm³/mol. The van der Waals surface area contributed by atoms with Gasteiger partial charge in [-0.15, -0.1) is 0 Å². The van der Waals surface area contributed by atoms with Crippen LogP contribution in [0, 0.1) is 5.82 Å². The second kappa shape index (κ2) is 4.18. The molecule has 3 aromatic rings. The number of furan rings is 1. The van der Waals surface area contributed by atoms with Crippen molar-refractivity contribution in [1.82, 2.24) is 9.55 Å². The van der Waals surface area contributed by atoms with Crippen LogP contribution in [0.15, 0.2) is 41.2 Å². The van der Waals surface area contributed by atoms with Gasteiger partial charge < -0.3 is 14.1 Å². The number of benzene rings is 1. The summed E-state index contributed by atoms with van der Waals surface area (Å²) in [4.78, 5) is 4.10. The first kappa shape index (κ1) is 11.7. The van der Waals surface area contributed by atoms with Crippen LogP contribution in [0.3, 0.4) is 0 Å². The maximum atomic E-state index is 13.2. The highest BCUT2D eigenvalue weighted by Gasteiger charge is 2.29. The summed E-state index contributed by atoms with van der Waals surface area (Å²) >= 11 is 0. The van der Waals surface area contributed by atoms with Gasteiger partial charge in [-0.3, -0.25) is 0 Å². The van der Waals surface area contributed by atoms with E-state index in [2.05, 4.69) is 4.98 Å². The lowest BCUT2D eigenvalue weighted by atomic mass is 10.2. The highest BCUT2D eigenvalue weighted by Crippen LogP contribution is 2.38. The van der Waals surface area contributed by atoms with Gasteiger partial charge in [0.25, 0.3) is 0 Å². The normalized spacial score (nSPS) is 16.7. The summed E-state index contributed by atoms with van der Waals surface area (Å²) in [6.45, 7) is 0. The first-order valence-electron chi connectivity index (χ1n) is 6.61. The Kier molecular flexibility index (Phi) is 2.44. The minimum absolute atomic E-state index is 0.317. The van der Waals surface area contributed by atoms with Gasteiger partial charge in [0.1, 0.15) is 17.2 Å². The Morgan fingerprint density at radius 2 is 2.20 bits per heavy atom. The molecule has 102 valence electrons. The van der Waals surface area contributed by atoms with E-state index in [0.29, 0.717) is 28.5 Å². The third kappa shape index (κ3) is 1.82. The number of aliphatic hydroxyl groups excluding tert-OH is 1. The molecule has 2 heterocycles. The number of fused-ring (bicyclic) bond motifs is 1. The molecule has 0 saturated heterocycles. The highest BCUT2D eigenvalue weighted by molar-refractivity contribution is 5.78. The third-order valence-corrected chi connectivity index (χ3v) is 3.68. The van der Waals surface area contributed by atoms with Gasteiger partial charge in [-0.2, -0.15) is 0 Å². The molecule has 1 N–H and O–H groups in total. The fourth-order valence-electron chi connectivity index (χ4n) is 2.50. The van der Waals surface area contributed by atoms with Crippen molar-refractivity contribution in [3.8, 4) is 0 Å². The molecule has 1 unspecified atom stereocenters. The second-order valence-electron chi connectivity index (χ2n) is 5.19. The van der Waals surface area contributed by atoms with Crippen molar-refractivity contribution in [3.05, 3.63) is 54.1 Å². The lowest BCUT2D eigenvalue weighted by Crippen LogP contribution is -2.06. The summed E-state index contributed by atoms with van der Waals surface area (Å²) in [5.74, 6) is 0.0929. The Balaban J connectivity index is 1.75. The molecule has 5 heteroatoms. The zero-order chi connectivity index (χ0) is 13.7. The quantitative estimate of drug-likeness (QED) is 0.796. The van der Waals surface area contributed by atoms with Crippen LogP contribution in [-0.4, -0.2) is 14.7 Å². The molecule has 0 bridgehead atoms. The monoisotopic (exact) mass is 272 g/mol. The average molecular weight is 272 g/mol. The van der Waals surface area contributed by atoms with Gasteiger partial charge in [0.15, 0.2) is 6.10 Å². The van der Waals surface area contributed by atoms with Crippen LogP contribution in [0.5, 0.6) is 0 Å². The molecule has 1 saturated carbocycles. The van der Waals surface area contributed by atoms with E-state index in [1.165, 1.54) is 12.1 Å². The Labute approximate surface area is 114 Å². The number of aromatic nitrogens is 2. The van der Waals surface area contributed by atoms with Gasteiger partial charge in [-0.1, -0.05) is 0 Å². The third-order valence-electron chi connectivity index (χ3n) is 3.68. The van der Waals surface area contributed by atoms with Crippen molar-refractivity contribution < 1.29 is 13.9 Å². The molecule has 0 spiro atoms. The van der Waals surface area contributed by atoms with Crippen LogP contribution in [0.2, 0.25) is 0 Å². The van der Waals surface area contributed by atoms with Gasteiger partial charge in [-0.25, -0.2) is 9.37 Å². The zero-order valence-electron chi connectivity index (χ0n) is 10.7. The minimum atomic E-state index is -0.881. The van der Waals surface area contributed by atoms with E-state index in [1.54, 1.807) is 24.7 Å². The Hall–Kier alpha value is -2.14.